The molecule has 182 valence electrons. The molecule has 3 aromatic heterocycles. The van der Waals surface area contributed by atoms with Crippen LogP contribution in [-0.2, 0) is 4.79 Å². The van der Waals surface area contributed by atoms with Gasteiger partial charge >= 0.3 is 0 Å². The van der Waals surface area contributed by atoms with Crippen LogP contribution in [0.5, 0.6) is 0 Å². The van der Waals surface area contributed by atoms with Gasteiger partial charge in [0.25, 0.3) is 5.89 Å². The second-order valence-electron chi connectivity index (χ2n) is 9.15. The molecule has 5 heterocycles. The summed E-state index contributed by atoms with van der Waals surface area (Å²) in [6.45, 7) is 2.59. The summed E-state index contributed by atoms with van der Waals surface area (Å²) in [6.07, 6.45) is 3.66. The predicted molar refractivity (Wildman–Crippen MR) is 134 cm³/mol. The highest BCUT2D eigenvalue weighted by atomic mass is 16.4. The summed E-state index contributed by atoms with van der Waals surface area (Å²) < 4.78 is 11.3. The van der Waals surface area contributed by atoms with Gasteiger partial charge in [0.15, 0.2) is 17.4 Å². The average molecular weight is 484 g/mol. The Morgan fingerprint density at radius 2 is 1.75 bits per heavy atom. The Morgan fingerprint density at radius 1 is 1.00 bits per heavy atom. The first-order chi connectivity index (χ1) is 17.6. The van der Waals surface area contributed by atoms with Crippen LogP contribution in [0.3, 0.4) is 0 Å². The highest BCUT2D eigenvalue weighted by molar-refractivity contribution is 5.98. The Bertz CT molecular complexity index is 1450. The summed E-state index contributed by atoms with van der Waals surface area (Å²) in [6, 6.07) is 13.3. The van der Waals surface area contributed by atoms with Crippen LogP contribution in [0.25, 0.3) is 22.7 Å². The molecule has 1 aromatic carbocycles. The SMILES string of the molecule is CN1CCCN(C(=O)C2CCN(c3oc(-c4ccco4)nc3C#N)CC2)c2nc3ccccc3nc21. The highest BCUT2D eigenvalue weighted by Crippen LogP contribution is 2.35. The minimum Gasteiger partial charge on any atom is -0.459 e. The van der Waals surface area contributed by atoms with Crippen LogP contribution in [0.4, 0.5) is 17.5 Å². The number of furan rings is 1. The second-order valence-corrected chi connectivity index (χ2v) is 9.15. The summed E-state index contributed by atoms with van der Waals surface area (Å²) in [7, 11) is 2.00. The molecule has 6 rings (SSSR count). The second kappa shape index (κ2) is 9.00. The molecule has 1 amide bonds. The number of nitrogens with zero attached hydrogens (tertiary/aromatic N) is 7. The fourth-order valence-electron chi connectivity index (χ4n) is 4.97. The molecular formula is C26H25N7O3. The molecular weight excluding hydrogens is 458 g/mol. The Labute approximate surface area is 207 Å². The number of carbonyl (C=O) groups excluding carboxylic acids is 1. The lowest BCUT2D eigenvalue weighted by Crippen LogP contribution is -2.43. The third-order valence-corrected chi connectivity index (χ3v) is 6.87. The van der Waals surface area contributed by atoms with Crippen LogP contribution < -0.4 is 14.7 Å². The molecule has 2 aliphatic rings. The lowest BCUT2D eigenvalue weighted by molar-refractivity contribution is -0.123. The maximum Gasteiger partial charge on any atom is 0.266 e. The minimum absolute atomic E-state index is 0.0742. The van der Waals surface area contributed by atoms with Gasteiger partial charge in [-0.2, -0.15) is 10.2 Å². The molecule has 0 atom stereocenters. The number of carbonyl (C=O) groups is 1. The van der Waals surface area contributed by atoms with Crippen molar-refractivity contribution >= 4 is 34.5 Å². The van der Waals surface area contributed by atoms with Crippen molar-refractivity contribution in [1.29, 1.82) is 5.26 Å². The molecule has 0 bridgehead atoms. The highest BCUT2D eigenvalue weighted by Gasteiger charge is 2.34. The number of fused-ring (bicyclic) bond motifs is 2. The van der Waals surface area contributed by atoms with Crippen molar-refractivity contribution < 1.29 is 13.6 Å². The van der Waals surface area contributed by atoms with Crippen LogP contribution in [-0.4, -0.2) is 54.1 Å². The Morgan fingerprint density at radius 3 is 2.44 bits per heavy atom. The van der Waals surface area contributed by atoms with E-state index in [4.69, 9.17) is 18.8 Å². The number of para-hydroxylation sites is 2. The zero-order chi connectivity index (χ0) is 24.6. The van der Waals surface area contributed by atoms with E-state index in [2.05, 4.69) is 16.0 Å². The van der Waals surface area contributed by atoms with E-state index in [1.165, 1.54) is 6.26 Å². The van der Waals surface area contributed by atoms with Crippen LogP contribution in [0.15, 0.2) is 51.5 Å². The first-order valence-electron chi connectivity index (χ1n) is 12.1. The van der Waals surface area contributed by atoms with Crippen LogP contribution >= 0.6 is 0 Å². The van der Waals surface area contributed by atoms with E-state index in [1.807, 2.05) is 41.1 Å². The maximum atomic E-state index is 13.8. The Kier molecular flexibility index (Phi) is 5.52. The quantitative estimate of drug-likeness (QED) is 0.428. The van der Waals surface area contributed by atoms with Crippen molar-refractivity contribution in [3.63, 3.8) is 0 Å². The van der Waals surface area contributed by atoms with E-state index in [0.717, 1.165) is 29.8 Å². The van der Waals surface area contributed by atoms with Gasteiger partial charge in [0.05, 0.1) is 17.3 Å². The molecule has 4 aromatic rings. The summed E-state index contributed by atoms with van der Waals surface area (Å²) in [5.74, 6) is 2.47. The molecule has 1 fully saturated rings. The largest absolute Gasteiger partial charge is 0.459 e. The third kappa shape index (κ3) is 3.82. The van der Waals surface area contributed by atoms with Crippen LogP contribution in [0.2, 0.25) is 0 Å². The molecule has 36 heavy (non-hydrogen) atoms. The lowest BCUT2D eigenvalue weighted by Gasteiger charge is -2.33. The zero-order valence-electron chi connectivity index (χ0n) is 19.9. The van der Waals surface area contributed by atoms with Gasteiger partial charge in [-0.3, -0.25) is 9.69 Å². The molecule has 2 aliphatic heterocycles. The summed E-state index contributed by atoms with van der Waals surface area (Å²) in [5, 5.41) is 9.58. The topological polar surface area (TPSA) is 116 Å². The van der Waals surface area contributed by atoms with Crippen molar-refractivity contribution in [3.05, 3.63) is 48.4 Å². The van der Waals surface area contributed by atoms with Crippen molar-refractivity contribution in [1.82, 2.24) is 15.0 Å². The van der Waals surface area contributed by atoms with Gasteiger partial charge in [0.1, 0.15) is 6.07 Å². The van der Waals surface area contributed by atoms with Gasteiger partial charge in [0.2, 0.25) is 17.5 Å². The lowest BCUT2D eigenvalue weighted by atomic mass is 9.95. The number of hydrogen-bond acceptors (Lipinski definition) is 9. The van der Waals surface area contributed by atoms with Crippen LogP contribution in [0, 0.1) is 17.2 Å². The molecule has 10 nitrogen and oxygen atoms in total. The van der Waals surface area contributed by atoms with Gasteiger partial charge in [-0.25, -0.2) is 9.97 Å². The molecule has 0 N–H and O–H groups in total. The van der Waals surface area contributed by atoms with Gasteiger partial charge in [0, 0.05) is 39.1 Å². The number of rotatable bonds is 3. The first-order valence-corrected chi connectivity index (χ1v) is 12.1. The van der Waals surface area contributed by atoms with E-state index < -0.39 is 0 Å². The number of anilines is 3. The number of oxazole rings is 1. The van der Waals surface area contributed by atoms with E-state index in [1.54, 1.807) is 12.1 Å². The summed E-state index contributed by atoms with van der Waals surface area (Å²) in [5.41, 5.74) is 1.82. The van der Waals surface area contributed by atoms with Gasteiger partial charge in [-0.05, 0) is 43.5 Å². The van der Waals surface area contributed by atoms with Crippen molar-refractivity contribution in [2.75, 3.05) is 47.9 Å². The Hall–Kier alpha value is -4.39. The number of aromatic nitrogens is 3. The van der Waals surface area contributed by atoms with Crippen LogP contribution in [0.1, 0.15) is 25.0 Å². The molecule has 0 spiro atoms. The monoisotopic (exact) mass is 483 g/mol. The van der Waals surface area contributed by atoms with E-state index in [0.29, 0.717) is 49.9 Å². The number of piperidine rings is 1. The van der Waals surface area contributed by atoms with Gasteiger partial charge in [-0.15, -0.1) is 0 Å². The zero-order valence-corrected chi connectivity index (χ0v) is 19.9. The van der Waals surface area contributed by atoms with Crippen molar-refractivity contribution in [3.8, 4) is 17.7 Å². The number of hydrogen-bond donors (Lipinski definition) is 0. The first kappa shape index (κ1) is 22.1. The third-order valence-electron chi connectivity index (χ3n) is 6.87. The fourth-order valence-corrected chi connectivity index (χ4v) is 4.97. The fraction of sp³-hybridized carbons (Fsp3) is 0.346. The standard InChI is InChI=1S/C26H25N7O3/c1-31-11-5-12-33(23-22(31)28-18-6-2-3-7-19(18)29-23)25(34)17-9-13-32(14-10-17)26-20(16-27)30-24(36-26)21-8-4-15-35-21/h2-4,6-8,15,17H,5,9-14H2,1H3. The normalized spacial score (nSPS) is 16.6. The maximum absolute atomic E-state index is 13.8. The molecule has 0 radical (unpaired) electrons. The summed E-state index contributed by atoms with van der Waals surface area (Å²) >= 11 is 0. The van der Waals surface area contributed by atoms with E-state index >= 15 is 0 Å². The van der Waals surface area contributed by atoms with Gasteiger partial charge in [-0.1, -0.05) is 12.1 Å². The number of nitriles is 1. The molecule has 0 aliphatic carbocycles. The van der Waals surface area contributed by atoms with Crippen molar-refractivity contribution in [2.24, 2.45) is 5.92 Å². The predicted octanol–water partition coefficient (Wildman–Crippen LogP) is 3.84. The average Bonchev–Trinajstić information content (AvgIpc) is 3.57. The van der Waals surface area contributed by atoms with Crippen molar-refractivity contribution in [2.45, 2.75) is 19.3 Å². The number of amides is 1. The summed E-state index contributed by atoms with van der Waals surface area (Å²) in [4.78, 5) is 33.6. The molecule has 10 heteroatoms. The molecule has 0 saturated carbocycles. The van der Waals surface area contributed by atoms with E-state index in [9.17, 15) is 10.1 Å². The molecule has 1 saturated heterocycles. The number of benzene rings is 1. The van der Waals surface area contributed by atoms with Gasteiger partial charge < -0.3 is 18.6 Å². The smallest absolute Gasteiger partial charge is 0.266 e. The minimum atomic E-state index is -0.149. The van der Waals surface area contributed by atoms with E-state index in [-0.39, 0.29) is 23.4 Å². The Balaban J connectivity index is 1.22. The molecule has 0 unspecified atom stereocenters.